The molecule has 5 nitrogen and oxygen atoms in total. The molecule has 0 saturated carbocycles. The number of fused-ring (bicyclic) bond motifs is 1. The van der Waals surface area contributed by atoms with Gasteiger partial charge in [0.1, 0.15) is 11.6 Å². The van der Waals surface area contributed by atoms with Crippen LogP contribution in [0.15, 0.2) is 41.3 Å². The molecule has 1 heterocycles. The van der Waals surface area contributed by atoms with Gasteiger partial charge in [-0.05, 0) is 35.9 Å². The lowest BCUT2D eigenvalue weighted by Gasteiger charge is -2.09. The molecule has 0 atom stereocenters. The van der Waals surface area contributed by atoms with Crippen LogP contribution < -0.4 is 10.0 Å². The van der Waals surface area contributed by atoms with E-state index in [0.717, 1.165) is 12.1 Å². The molecule has 0 aromatic heterocycles. The zero-order valence-electron chi connectivity index (χ0n) is 11.1. The van der Waals surface area contributed by atoms with Crippen molar-refractivity contribution in [2.75, 3.05) is 10.0 Å². The molecule has 0 aliphatic carbocycles. The maximum absolute atomic E-state index is 13.1. The maximum Gasteiger partial charge on any atom is 0.261 e. The number of benzene rings is 2. The molecule has 0 fully saturated rings. The normalized spacial score (nSPS) is 13.6. The van der Waals surface area contributed by atoms with E-state index in [1.165, 1.54) is 18.2 Å². The van der Waals surface area contributed by atoms with Gasteiger partial charge in [0, 0.05) is 11.8 Å². The maximum atomic E-state index is 13.1. The summed E-state index contributed by atoms with van der Waals surface area (Å²) >= 11 is 0. The molecule has 2 N–H and O–H groups in total. The van der Waals surface area contributed by atoms with Crippen molar-refractivity contribution >= 4 is 27.3 Å². The Balaban J connectivity index is 1.93. The monoisotopic (exact) mass is 324 g/mol. The Morgan fingerprint density at radius 1 is 1.05 bits per heavy atom. The van der Waals surface area contributed by atoms with Gasteiger partial charge < -0.3 is 5.32 Å². The number of amides is 1. The summed E-state index contributed by atoms with van der Waals surface area (Å²) in [7, 11) is -4.01. The van der Waals surface area contributed by atoms with Crippen LogP contribution in [-0.4, -0.2) is 14.3 Å². The van der Waals surface area contributed by atoms with E-state index in [9.17, 15) is 22.0 Å². The third-order valence-electron chi connectivity index (χ3n) is 3.13. The standard InChI is InChI=1S/C14H10F2N2O3S/c15-9-5-10(16)7-11(6-9)18-22(20,21)12-1-2-13-8(3-12)4-14(19)17-13/h1-3,5-7,18H,4H2,(H,17,19). The van der Waals surface area contributed by atoms with Crippen molar-refractivity contribution in [2.24, 2.45) is 0 Å². The first-order valence-corrected chi connectivity index (χ1v) is 7.73. The number of halogens is 2. The lowest BCUT2D eigenvalue weighted by Crippen LogP contribution is -2.13. The predicted octanol–water partition coefficient (Wildman–Crippen LogP) is 2.26. The molecule has 3 rings (SSSR count). The summed E-state index contributed by atoms with van der Waals surface area (Å²) in [5.74, 6) is -1.99. The van der Waals surface area contributed by atoms with Crippen LogP contribution >= 0.6 is 0 Å². The first kappa shape index (κ1) is 14.5. The third kappa shape index (κ3) is 2.77. The highest BCUT2D eigenvalue weighted by molar-refractivity contribution is 7.92. The van der Waals surface area contributed by atoms with Crippen molar-refractivity contribution < 1.29 is 22.0 Å². The van der Waals surface area contributed by atoms with Gasteiger partial charge >= 0.3 is 0 Å². The Bertz CT molecular complexity index is 861. The minimum absolute atomic E-state index is 0.0904. The van der Waals surface area contributed by atoms with E-state index in [4.69, 9.17) is 0 Å². The van der Waals surface area contributed by atoms with Crippen molar-refractivity contribution in [3.05, 3.63) is 53.6 Å². The van der Waals surface area contributed by atoms with Crippen molar-refractivity contribution in [1.82, 2.24) is 0 Å². The highest BCUT2D eigenvalue weighted by Crippen LogP contribution is 2.27. The lowest BCUT2D eigenvalue weighted by molar-refractivity contribution is -0.115. The van der Waals surface area contributed by atoms with Crippen LogP contribution in [0.5, 0.6) is 0 Å². The number of rotatable bonds is 3. The van der Waals surface area contributed by atoms with Gasteiger partial charge in [-0.1, -0.05) is 0 Å². The summed E-state index contributed by atoms with van der Waals surface area (Å²) in [6, 6.07) is 6.53. The van der Waals surface area contributed by atoms with Crippen LogP contribution in [0.3, 0.4) is 0 Å². The molecule has 22 heavy (non-hydrogen) atoms. The number of sulfonamides is 1. The minimum atomic E-state index is -4.01. The second-order valence-corrected chi connectivity index (χ2v) is 6.49. The van der Waals surface area contributed by atoms with Crippen LogP contribution in [-0.2, 0) is 21.2 Å². The molecule has 2 aromatic carbocycles. The van der Waals surface area contributed by atoms with E-state index in [0.29, 0.717) is 17.3 Å². The number of nitrogens with one attached hydrogen (secondary N) is 2. The van der Waals surface area contributed by atoms with E-state index in [1.807, 2.05) is 0 Å². The fourth-order valence-corrected chi connectivity index (χ4v) is 3.29. The molecule has 0 spiro atoms. The van der Waals surface area contributed by atoms with Gasteiger partial charge in [-0.15, -0.1) is 0 Å². The Morgan fingerprint density at radius 3 is 2.41 bits per heavy atom. The molecular weight excluding hydrogens is 314 g/mol. The highest BCUT2D eigenvalue weighted by atomic mass is 32.2. The molecule has 2 aromatic rings. The highest BCUT2D eigenvalue weighted by Gasteiger charge is 2.22. The molecule has 1 amide bonds. The SMILES string of the molecule is O=C1Cc2cc(S(=O)(=O)Nc3cc(F)cc(F)c3)ccc2N1. The predicted molar refractivity (Wildman–Crippen MR) is 75.9 cm³/mol. The summed E-state index contributed by atoms with van der Waals surface area (Å²) in [6.45, 7) is 0. The van der Waals surface area contributed by atoms with Crippen LogP contribution in [0.4, 0.5) is 20.2 Å². The van der Waals surface area contributed by atoms with Crippen LogP contribution in [0.25, 0.3) is 0 Å². The topological polar surface area (TPSA) is 75.3 Å². The molecule has 0 bridgehead atoms. The second kappa shape index (κ2) is 5.06. The fraction of sp³-hybridized carbons (Fsp3) is 0.0714. The van der Waals surface area contributed by atoms with Gasteiger partial charge in [0.2, 0.25) is 5.91 Å². The van der Waals surface area contributed by atoms with E-state index >= 15 is 0 Å². The summed E-state index contributed by atoms with van der Waals surface area (Å²) in [4.78, 5) is 11.2. The molecular formula is C14H10F2N2O3S. The number of anilines is 2. The smallest absolute Gasteiger partial charge is 0.261 e. The van der Waals surface area contributed by atoms with Gasteiger partial charge in [0.25, 0.3) is 10.0 Å². The number of carbonyl (C=O) groups excluding carboxylic acids is 1. The summed E-state index contributed by atoms with van der Waals surface area (Å²) in [6.07, 6.45) is 0.0906. The van der Waals surface area contributed by atoms with Gasteiger partial charge in [-0.25, -0.2) is 17.2 Å². The first-order chi connectivity index (χ1) is 10.3. The molecule has 0 radical (unpaired) electrons. The van der Waals surface area contributed by atoms with Crippen LogP contribution in [0, 0.1) is 11.6 Å². The second-order valence-electron chi connectivity index (χ2n) is 4.81. The van der Waals surface area contributed by atoms with E-state index in [1.54, 1.807) is 0 Å². The molecule has 114 valence electrons. The Hall–Kier alpha value is -2.48. The number of hydrogen-bond acceptors (Lipinski definition) is 3. The largest absolute Gasteiger partial charge is 0.326 e. The molecule has 0 saturated heterocycles. The van der Waals surface area contributed by atoms with Crippen molar-refractivity contribution in [1.29, 1.82) is 0 Å². The average molecular weight is 324 g/mol. The van der Waals surface area contributed by atoms with Gasteiger partial charge in [-0.2, -0.15) is 0 Å². The quantitative estimate of drug-likeness (QED) is 0.909. The molecule has 8 heteroatoms. The van der Waals surface area contributed by atoms with E-state index in [-0.39, 0.29) is 22.9 Å². The van der Waals surface area contributed by atoms with Crippen LogP contribution in [0.2, 0.25) is 0 Å². The van der Waals surface area contributed by atoms with Crippen molar-refractivity contribution in [3.63, 3.8) is 0 Å². The summed E-state index contributed by atoms with van der Waals surface area (Å²) in [5, 5.41) is 2.59. The van der Waals surface area contributed by atoms with Crippen molar-refractivity contribution in [3.8, 4) is 0 Å². The van der Waals surface area contributed by atoms with Crippen LogP contribution in [0.1, 0.15) is 5.56 Å². The fourth-order valence-electron chi connectivity index (χ4n) is 2.20. The third-order valence-corrected chi connectivity index (χ3v) is 4.51. The van der Waals surface area contributed by atoms with E-state index in [2.05, 4.69) is 10.0 Å². The molecule has 1 aliphatic heterocycles. The summed E-state index contributed by atoms with van der Waals surface area (Å²) in [5.41, 5.74) is 0.895. The Morgan fingerprint density at radius 2 is 1.73 bits per heavy atom. The van der Waals surface area contributed by atoms with Gasteiger partial charge in [0.15, 0.2) is 0 Å². The summed E-state index contributed by atoms with van der Waals surface area (Å²) < 4.78 is 52.8. The first-order valence-electron chi connectivity index (χ1n) is 6.25. The lowest BCUT2D eigenvalue weighted by atomic mass is 10.2. The Kier molecular flexibility index (Phi) is 3.32. The van der Waals surface area contributed by atoms with Gasteiger partial charge in [0.05, 0.1) is 17.0 Å². The zero-order chi connectivity index (χ0) is 15.9. The molecule has 0 unspecified atom stereocenters. The number of carbonyl (C=O) groups is 1. The average Bonchev–Trinajstić information content (AvgIpc) is 2.75. The van der Waals surface area contributed by atoms with Gasteiger partial charge in [-0.3, -0.25) is 9.52 Å². The minimum Gasteiger partial charge on any atom is -0.326 e. The van der Waals surface area contributed by atoms with Crippen molar-refractivity contribution in [2.45, 2.75) is 11.3 Å². The molecule has 1 aliphatic rings. The zero-order valence-corrected chi connectivity index (χ0v) is 11.9. The number of hydrogen-bond donors (Lipinski definition) is 2. The van der Waals surface area contributed by atoms with E-state index < -0.39 is 21.7 Å². The Labute approximate surface area is 125 Å².